The third-order valence-electron chi connectivity index (χ3n) is 6.55. The van der Waals surface area contributed by atoms with Gasteiger partial charge in [-0.1, -0.05) is 12.1 Å². The molecule has 1 aromatic heterocycles. The second kappa shape index (κ2) is 6.83. The molecule has 1 spiro atoms. The molecule has 3 aromatic rings. The van der Waals surface area contributed by atoms with Crippen molar-refractivity contribution in [3.8, 4) is 5.75 Å². The second-order valence-corrected chi connectivity index (χ2v) is 8.37. The molecule has 2 aromatic carbocycles. The van der Waals surface area contributed by atoms with Gasteiger partial charge in [0.1, 0.15) is 11.6 Å². The summed E-state index contributed by atoms with van der Waals surface area (Å²) < 4.78 is 20.8. The fraction of sp³-hybridized carbons (Fsp3) is 0.391. The van der Waals surface area contributed by atoms with Crippen LogP contribution in [0, 0.1) is 5.82 Å². The Bertz CT molecular complexity index is 1050. The van der Waals surface area contributed by atoms with Gasteiger partial charge < -0.3 is 19.7 Å². The number of aromatic nitrogens is 1. The van der Waals surface area contributed by atoms with Crippen LogP contribution in [0.25, 0.3) is 10.9 Å². The van der Waals surface area contributed by atoms with Crippen LogP contribution in [0.1, 0.15) is 22.9 Å². The van der Waals surface area contributed by atoms with Gasteiger partial charge in [-0.3, -0.25) is 4.90 Å². The lowest BCUT2D eigenvalue weighted by Crippen LogP contribution is -2.65. The minimum absolute atomic E-state index is 0.0229. The average molecular weight is 395 g/mol. The van der Waals surface area contributed by atoms with Gasteiger partial charge in [-0.2, -0.15) is 0 Å². The molecular formula is C23H26FN3O2. The van der Waals surface area contributed by atoms with E-state index in [2.05, 4.69) is 34.0 Å². The van der Waals surface area contributed by atoms with Crippen molar-refractivity contribution in [2.75, 3.05) is 33.4 Å². The first-order valence-electron chi connectivity index (χ1n) is 10.0. The van der Waals surface area contributed by atoms with Crippen molar-refractivity contribution in [2.45, 2.75) is 18.0 Å². The number of halogens is 1. The number of hydrogen-bond donors (Lipinski definition) is 2. The van der Waals surface area contributed by atoms with E-state index in [0.29, 0.717) is 0 Å². The second-order valence-electron chi connectivity index (χ2n) is 8.37. The maximum atomic E-state index is 13.2. The van der Waals surface area contributed by atoms with Gasteiger partial charge in [0, 0.05) is 55.8 Å². The highest BCUT2D eigenvalue weighted by molar-refractivity contribution is 5.89. The number of fused-ring (bicyclic) bond motifs is 4. The topological polar surface area (TPSA) is 49.7 Å². The Labute approximate surface area is 169 Å². The van der Waals surface area contributed by atoms with E-state index in [1.54, 1.807) is 7.11 Å². The summed E-state index contributed by atoms with van der Waals surface area (Å²) in [4.78, 5) is 2.40. The molecule has 5 rings (SSSR count). The number of aliphatic hydroxyl groups is 1. The van der Waals surface area contributed by atoms with Gasteiger partial charge >= 0.3 is 0 Å². The molecule has 0 amide bonds. The number of aliphatic hydroxyl groups excluding tert-OH is 1. The Morgan fingerprint density at radius 1 is 1.21 bits per heavy atom. The van der Waals surface area contributed by atoms with Gasteiger partial charge in [0.05, 0.1) is 25.3 Å². The van der Waals surface area contributed by atoms with Gasteiger partial charge in [-0.05, 0) is 35.4 Å². The zero-order valence-corrected chi connectivity index (χ0v) is 16.8. The lowest BCUT2D eigenvalue weighted by Gasteiger charge is -2.54. The summed E-state index contributed by atoms with van der Waals surface area (Å²) in [5, 5.41) is 14.8. The minimum atomic E-state index is -0.198. The smallest absolute Gasteiger partial charge is 0.123 e. The molecule has 29 heavy (non-hydrogen) atoms. The Morgan fingerprint density at radius 3 is 2.66 bits per heavy atom. The zero-order valence-electron chi connectivity index (χ0n) is 16.8. The lowest BCUT2D eigenvalue weighted by molar-refractivity contribution is 0.0443. The van der Waals surface area contributed by atoms with Crippen molar-refractivity contribution < 1.29 is 14.2 Å². The first-order valence-corrected chi connectivity index (χ1v) is 10.0. The highest BCUT2D eigenvalue weighted by Crippen LogP contribution is 2.46. The van der Waals surface area contributed by atoms with E-state index in [1.165, 1.54) is 28.8 Å². The monoisotopic (exact) mass is 395 g/mol. The third-order valence-corrected chi connectivity index (χ3v) is 6.55. The highest BCUT2D eigenvalue weighted by Gasteiger charge is 2.50. The SMILES string of the molecule is COc1ccc2c3c(n(C)c2c1)[C@H](CO)NCC31CN(Cc2ccc(F)cc2)C1. The van der Waals surface area contributed by atoms with Crippen LogP contribution in [0.2, 0.25) is 0 Å². The van der Waals surface area contributed by atoms with Crippen molar-refractivity contribution in [3.63, 3.8) is 0 Å². The minimum Gasteiger partial charge on any atom is -0.497 e. The van der Waals surface area contributed by atoms with E-state index in [-0.39, 0.29) is 23.9 Å². The van der Waals surface area contributed by atoms with Crippen LogP contribution in [0.5, 0.6) is 5.75 Å². The number of benzene rings is 2. The van der Waals surface area contributed by atoms with E-state index >= 15 is 0 Å². The van der Waals surface area contributed by atoms with E-state index in [4.69, 9.17) is 4.74 Å². The van der Waals surface area contributed by atoms with Gasteiger partial charge in [-0.15, -0.1) is 0 Å². The van der Waals surface area contributed by atoms with Crippen molar-refractivity contribution >= 4 is 10.9 Å². The maximum absolute atomic E-state index is 13.2. The molecule has 0 aliphatic carbocycles. The standard InChI is InChI=1S/C23H26FN3O2/c1-26-20-9-17(29-2)7-8-18(20)21-22(26)19(11-28)25-12-23(21)13-27(14-23)10-15-3-5-16(24)6-4-15/h3-9,19,25,28H,10-14H2,1-2H3/t19-/m0/s1. The van der Waals surface area contributed by atoms with Crippen LogP contribution < -0.4 is 10.1 Å². The number of nitrogens with zero attached hydrogens (tertiary/aromatic N) is 2. The molecule has 1 atom stereocenters. The summed E-state index contributed by atoms with van der Waals surface area (Å²) in [7, 11) is 3.75. The molecule has 0 bridgehead atoms. The molecule has 0 radical (unpaired) electrons. The van der Waals surface area contributed by atoms with Crippen LogP contribution in [0.3, 0.4) is 0 Å². The van der Waals surface area contributed by atoms with Crippen LogP contribution in [0.4, 0.5) is 4.39 Å². The predicted molar refractivity (Wildman–Crippen MR) is 111 cm³/mol. The van der Waals surface area contributed by atoms with Crippen LogP contribution >= 0.6 is 0 Å². The first-order chi connectivity index (χ1) is 14.0. The van der Waals surface area contributed by atoms with Crippen LogP contribution in [0.15, 0.2) is 42.5 Å². The number of rotatable bonds is 4. The van der Waals surface area contributed by atoms with Crippen molar-refractivity contribution in [2.24, 2.45) is 7.05 Å². The summed E-state index contributed by atoms with van der Waals surface area (Å²) in [6, 6.07) is 12.9. The lowest BCUT2D eigenvalue weighted by atomic mass is 9.69. The van der Waals surface area contributed by atoms with Crippen molar-refractivity contribution in [1.29, 1.82) is 0 Å². The largest absolute Gasteiger partial charge is 0.497 e. The summed E-state index contributed by atoms with van der Waals surface area (Å²) >= 11 is 0. The normalized spacial score (nSPS) is 20.6. The van der Waals surface area contributed by atoms with E-state index in [9.17, 15) is 9.50 Å². The molecule has 6 heteroatoms. The van der Waals surface area contributed by atoms with Crippen molar-refractivity contribution in [3.05, 3.63) is 65.1 Å². The van der Waals surface area contributed by atoms with E-state index in [0.717, 1.165) is 43.0 Å². The fourth-order valence-corrected chi connectivity index (χ4v) is 5.22. The Balaban J connectivity index is 1.51. The molecule has 5 nitrogen and oxygen atoms in total. The molecule has 1 fully saturated rings. The zero-order chi connectivity index (χ0) is 20.2. The summed E-state index contributed by atoms with van der Waals surface area (Å²) in [5.74, 6) is 0.640. The predicted octanol–water partition coefficient (Wildman–Crippen LogP) is 2.72. The van der Waals surface area contributed by atoms with Gasteiger partial charge in [0.2, 0.25) is 0 Å². The van der Waals surface area contributed by atoms with Gasteiger partial charge in [0.25, 0.3) is 0 Å². The summed E-state index contributed by atoms with van der Waals surface area (Å²) in [5.41, 5.74) is 4.80. The quantitative estimate of drug-likeness (QED) is 0.713. The summed E-state index contributed by atoms with van der Waals surface area (Å²) in [6.07, 6.45) is 0. The first kappa shape index (κ1) is 18.6. The molecule has 1 saturated heterocycles. The summed E-state index contributed by atoms with van der Waals surface area (Å²) in [6.45, 7) is 3.61. The Kier molecular flexibility index (Phi) is 4.38. The van der Waals surface area contributed by atoms with E-state index in [1.807, 2.05) is 18.2 Å². The molecule has 152 valence electrons. The molecule has 3 heterocycles. The Hall–Kier alpha value is -2.41. The molecule has 2 N–H and O–H groups in total. The highest BCUT2D eigenvalue weighted by atomic mass is 19.1. The van der Waals surface area contributed by atoms with Crippen LogP contribution in [-0.4, -0.2) is 47.9 Å². The molecule has 2 aliphatic heterocycles. The number of hydrogen-bond acceptors (Lipinski definition) is 4. The number of likely N-dealkylation sites (tertiary alicyclic amines) is 1. The third kappa shape index (κ3) is 2.86. The van der Waals surface area contributed by atoms with Gasteiger partial charge in [-0.25, -0.2) is 4.39 Å². The number of ether oxygens (including phenoxy) is 1. The fourth-order valence-electron chi connectivity index (χ4n) is 5.22. The van der Waals surface area contributed by atoms with Crippen molar-refractivity contribution in [1.82, 2.24) is 14.8 Å². The van der Waals surface area contributed by atoms with E-state index < -0.39 is 0 Å². The number of aryl methyl sites for hydroxylation is 1. The Morgan fingerprint density at radius 2 is 1.97 bits per heavy atom. The van der Waals surface area contributed by atoms with Crippen LogP contribution in [-0.2, 0) is 19.0 Å². The average Bonchev–Trinajstić information content (AvgIpc) is 3.01. The molecule has 2 aliphatic rings. The number of methoxy groups -OCH3 is 1. The molecule has 0 saturated carbocycles. The molecular weight excluding hydrogens is 369 g/mol. The maximum Gasteiger partial charge on any atom is 0.123 e. The molecule has 0 unspecified atom stereocenters. The number of nitrogens with one attached hydrogen (secondary N) is 1. The van der Waals surface area contributed by atoms with Gasteiger partial charge in [0.15, 0.2) is 0 Å².